The van der Waals surface area contributed by atoms with Gasteiger partial charge >= 0.3 is 0 Å². The second kappa shape index (κ2) is 6.32. The van der Waals surface area contributed by atoms with Crippen molar-refractivity contribution in [3.05, 3.63) is 28.8 Å². The van der Waals surface area contributed by atoms with Gasteiger partial charge in [-0.2, -0.15) is 9.57 Å². The van der Waals surface area contributed by atoms with Crippen molar-refractivity contribution < 1.29 is 13.5 Å². The van der Waals surface area contributed by atoms with Gasteiger partial charge < -0.3 is 5.11 Å². The monoisotopic (exact) mass is 328 g/mol. The molecule has 0 aliphatic carbocycles. The summed E-state index contributed by atoms with van der Waals surface area (Å²) in [6, 6.07) is 5.95. The fourth-order valence-corrected chi connectivity index (χ4v) is 4.79. The van der Waals surface area contributed by atoms with Crippen LogP contribution in [-0.2, 0) is 10.0 Å². The van der Waals surface area contributed by atoms with E-state index in [1.807, 2.05) is 13.0 Å². The molecule has 0 saturated carbocycles. The first-order chi connectivity index (χ1) is 9.90. The molecular formula is C14H17ClN2O3S. The quantitative estimate of drug-likeness (QED) is 0.920. The summed E-state index contributed by atoms with van der Waals surface area (Å²) in [6.45, 7) is 2.11. The third-order valence-electron chi connectivity index (χ3n) is 3.83. The molecule has 1 aromatic rings. The Morgan fingerprint density at radius 1 is 1.48 bits per heavy atom. The van der Waals surface area contributed by atoms with Crippen LogP contribution in [-0.4, -0.2) is 37.0 Å². The lowest BCUT2D eigenvalue weighted by Crippen LogP contribution is -2.46. The van der Waals surface area contributed by atoms with Gasteiger partial charge in [-0.1, -0.05) is 11.6 Å². The third-order valence-corrected chi connectivity index (χ3v) is 6.29. The molecule has 1 aliphatic heterocycles. The van der Waals surface area contributed by atoms with E-state index < -0.39 is 10.0 Å². The van der Waals surface area contributed by atoms with Gasteiger partial charge in [-0.25, -0.2) is 8.42 Å². The molecular weight excluding hydrogens is 312 g/mol. The summed E-state index contributed by atoms with van der Waals surface area (Å²) in [5.41, 5.74) is 0.318. The summed E-state index contributed by atoms with van der Waals surface area (Å²) in [4.78, 5) is 0.00797. The minimum atomic E-state index is -3.73. The number of aliphatic hydroxyl groups excluding tert-OH is 1. The lowest BCUT2D eigenvalue weighted by molar-refractivity contribution is 0.139. The molecule has 2 unspecified atom stereocenters. The van der Waals surface area contributed by atoms with Crippen LogP contribution in [0.2, 0.25) is 5.02 Å². The first kappa shape index (κ1) is 16.2. The third kappa shape index (κ3) is 3.22. The van der Waals surface area contributed by atoms with E-state index in [-0.39, 0.29) is 35.0 Å². The van der Waals surface area contributed by atoms with E-state index in [9.17, 15) is 13.5 Å². The van der Waals surface area contributed by atoms with Crippen LogP contribution in [0.15, 0.2) is 23.1 Å². The van der Waals surface area contributed by atoms with Crippen LogP contribution in [0.3, 0.4) is 0 Å². The number of sulfonamides is 1. The molecule has 1 heterocycles. The maximum Gasteiger partial charge on any atom is 0.244 e. The smallest absolute Gasteiger partial charge is 0.244 e. The molecule has 5 nitrogen and oxygen atoms in total. The Balaban J connectivity index is 2.39. The van der Waals surface area contributed by atoms with Crippen LogP contribution >= 0.6 is 11.6 Å². The SMILES string of the molecule is CC1CCC(CO)CN1S(=O)(=O)c1ccc(C#N)cc1Cl. The number of nitrogens with zero attached hydrogens (tertiary/aromatic N) is 2. The highest BCUT2D eigenvalue weighted by molar-refractivity contribution is 7.89. The Morgan fingerprint density at radius 2 is 2.19 bits per heavy atom. The Kier molecular flexibility index (Phi) is 4.89. The van der Waals surface area contributed by atoms with Gasteiger partial charge in [0.15, 0.2) is 0 Å². The molecule has 0 amide bonds. The molecule has 1 aromatic carbocycles. The predicted octanol–water partition coefficient (Wildman–Crippen LogP) is 1.99. The summed E-state index contributed by atoms with van der Waals surface area (Å²) >= 11 is 6.02. The Labute approximate surface area is 129 Å². The molecule has 0 radical (unpaired) electrons. The van der Waals surface area contributed by atoms with Crippen LogP contribution in [0.5, 0.6) is 0 Å². The standard InChI is InChI=1S/C14H17ClN2O3S/c1-10-2-3-12(9-18)8-17(10)21(19,20)14-5-4-11(7-16)6-13(14)15/h4-6,10,12,18H,2-3,8-9H2,1H3. The van der Waals surface area contributed by atoms with Crippen molar-refractivity contribution in [3.63, 3.8) is 0 Å². The van der Waals surface area contributed by atoms with Gasteiger partial charge in [-0.3, -0.25) is 0 Å². The number of aliphatic hydroxyl groups is 1. The minimum absolute atomic E-state index is 0.00797. The van der Waals surface area contributed by atoms with Crippen molar-refractivity contribution in [2.75, 3.05) is 13.2 Å². The maximum atomic E-state index is 12.8. The van der Waals surface area contributed by atoms with Gasteiger partial charge in [0.2, 0.25) is 10.0 Å². The maximum absolute atomic E-state index is 12.8. The second-order valence-corrected chi connectivity index (χ2v) is 7.57. The average molecular weight is 329 g/mol. The number of piperidine rings is 1. The number of benzene rings is 1. The highest BCUT2D eigenvalue weighted by Gasteiger charge is 2.35. The summed E-state index contributed by atoms with van der Waals surface area (Å²) in [6.07, 6.45) is 1.52. The van der Waals surface area contributed by atoms with Crippen molar-refractivity contribution >= 4 is 21.6 Å². The van der Waals surface area contributed by atoms with Gasteiger partial charge in [-0.15, -0.1) is 0 Å². The van der Waals surface area contributed by atoms with E-state index in [2.05, 4.69) is 0 Å². The van der Waals surface area contributed by atoms with Crippen molar-refractivity contribution in [1.29, 1.82) is 5.26 Å². The number of hydrogen-bond acceptors (Lipinski definition) is 4. The van der Waals surface area contributed by atoms with Gasteiger partial charge in [-0.05, 0) is 43.9 Å². The number of halogens is 1. The Morgan fingerprint density at radius 3 is 2.76 bits per heavy atom. The number of rotatable bonds is 3. The Bertz CT molecular complexity index is 669. The van der Waals surface area contributed by atoms with Crippen molar-refractivity contribution in [2.24, 2.45) is 5.92 Å². The van der Waals surface area contributed by atoms with Crippen LogP contribution in [0.25, 0.3) is 0 Å². The molecule has 1 fully saturated rings. The number of hydrogen-bond donors (Lipinski definition) is 1. The fourth-order valence-electron chi connectivity index (χ4n) is 2.54. The van der Waals surface area contributed by atoms with Crippen molar-refractivity contribution in [3.8, 4) is 6.07 Å². The van der Waals surface area contributed by atoms with Crippen LogP contribution < -0.4 is 0 Å². The van der Waals surface area contributed by atoms with E-state index in [0.717, 1.165) is 6.42 Å². The molecule has 1 N–H and O–H groups in total. The molecule has 0 spiro atoms. The summed E-state index contributed by atoms with van der Waals surface area (Å²) in [7, 11) is -3.73. The highest BCUT2D eigenvalue weighted by atomic mass is 35.5. The van der Waals surface area contributed by atoms with Crippen molar-refractivity contribution in [1.82, 2.24) is 4.31 Å². The van der Waals surface area contributed by atoms with Gasteiger partial charge in [0.1, 0.15) is 4.90 Å². The van der Waals surface area contributed by atoms with Gasteiger partial charge in [0.05, 0.1) is 16.7 Å². The van der Waals surface area contributed by atoms with Crippen LogP contribution in [0, 0.1) is 17.2 Å². The molecule has 1 saturated heterocycles. The molecule has 2 atom stereocenters. The summed E-state index contributed by atoms with van der Waals surface area (Å²) in [5.74, 6) is -0.0480. The molecule has 1 aliphatic rings. The molecule has 0 aromatic heterocycles. The zero-order valence-electron chi connectivity index (χ0n) is 11.7. The number of nitriles is 1. The van der Waals surface area contributed by atoms with E-state index in [1.54, 1.807) is 0 Å². The fraction of sp³-hybridized carbons (Fsp3) is 0.500. The predicted molar refractivity (Wildman–Crippen MR) is 79.3 cm³/mol. The molecule has 2 rings (SSSR count). The normalized spacial score (nSPS) is 23.7. The average Bonchev–Trinajstić information content (AvgIpc) is 2.47. The first-order valence-corrected chi connectivity index (χ1v) is 8.54. The molecule has 7 heteroatoms. The van der Waals surface area contributed by atoms with E-state index in [0.29, 0.717) is 12.0 Å². The Hall–Kier alpha value is -1.13. The highest BCUT2D eigenvalue weighted by Crippen LogP contribution is 2.31. The largest absolute Gasteiger partial charge is 0.396 e. The molecule has 114 valence electrons. The van der Waals surface area contributed by atoms with E-state index in [1.165, 1.54) is 22.5 Å². The zero-order chi connectivity index (χ0) is 15.6. The van der Waals surface area contributed by atoms with E-state index >= 15 is 0 Å². The lowest BCUT2D eigenvalue weighted by atomic mass is 9.96. The zero-order valence-corrected chi connectivity index (χ0v) is 13.2. The lowest BCUT2D eigenvalue weighted by Gasteiger charge is -2.36. The van der Waals surface area contributed by atoms with Crippen molar-refractivity contribution in [2.45, 2.75) is 30.7 Å². The van der Waals surface area contributed by atoms with Crippen LogP contribution in [0.1, 0.15) is 25.3 Å². The summed E-state index contributed by atoms with van der Waals surface area (Å²) < 4.78 is 26.9. The van der Waals surface area contributed by atoms with Gasteiger partial charge in [0.25, 0.3) is 0 Å². The first-order valence-electron chi connectivity index (χ1n) is 6.72. The minimum Gasteiger partial charge on any atom is -0.396 e. The van der Waals surface area contributed by atoms with E-state index in [4.69, 9.17) is 16.9 Å². The van der Waals surface area contributed by atoms with Crippen LogP contribution in [0.4, 0.5) is 0 Å². The van der Waals surface area contributed by atoms with Gasteiger partial charge in [0, 0.05) is 19.2 Å². The topological polar surface area (TPSA) is 81.4 Å². The molecule has 21 heavy (non-hydrogen) atoms. The second-order valence-electron chi connectivity index (χ2n) is 5.31. The molecule has 0 bridgehead atoms. The summed E-state index contributed by atoms with van der Waals surface area (Å²) in [5, 5.41) is 18.1.